The van der Waals surface area contributed by atoms with Crippen molar-refractivity contribution in [3.63, 3.8) is 0 Å². The number of carbonyl (C=O) groups excluding carboxylic acids is 2. The van der Waals surface area contributed by atoms with E-state index < -0.39 is 6.04 Å². The first-order valence-corrected chi connectivity index (χ1v) is 10.00. The van der Waals surface area contributed by atoms with Crippen LogP contribution in [0.25, 0.3) is 0 Å². The second-order valence-electron chi connectivity index (χ2n) is 6.18. The van der Waals surface area contributed by atoms with E-state index in [1.165, 1.54) is 22.7 Å². The first kappa shape index (κ1) is 21.0. The lowest BCUT2D eigenvalue weighted by molar-refractivity contribution is -0.138. The summed E-state index contributed by atoms with van der Waals surface area (Å²) in [5.74, 6) is -0.631. The number of benzene rings is 2. The second-order valence-corrected chi connectivity index (χ2v) is 7.23. The van der Waals surface area contributed by atoms with E-state index in [1.807, 2.05) is 37.3 Å². The molecule has 0 fully saturated rings. The highest BCUT2D eigenvalue weighted by molar-refractivity contribution is 8.00. The first-order valence-electron chi connectivity index (χ1n) is 9.01. The van der Waals surface area contributed by atoms with Crippen molar-refractivity contribution in [1.82, 2.24) is 10.2 Å². The molecule has 2 amide bonds. The van der Waals surface area contributed by atoms with Crippen molar-refractivity contribution in [1.29, 1.82) is 0 Å². The normalized spacial score (nSPS) is 11.7. The Balaban J connectivity index is 2.13. The molecule has 0 bridgehead atoms. The minimum atomic E-state index is -0.681. The molecule has 6 heteroatoms. The minimum Gasteiger partial charge on any atom is -0.354 e. The average molecular weight is 389 g/mol. The third kappa shape index (κ3) is 6.40. The molecule has 0 aromatic heterocycles. The molecular formula is C21H25FN2O2S. The molecule has 0 aliphatic carbocycles. The van der Waals surface area contributed by atoms with E-state index in [-0.39, 0.29) is 29.9 Å². The van der Waals surface area contributed by atoms with Gasteiger partial charge in [-0.15, -0.1) is 11.8 Å². The largest absolute Gasteiger partial charge is 0.354 e. The molecule has 0 saturated carbocycles. The maximum Gasteiger partial charge on any atom is 0.242 e. The topological polar surface area (TPSA) is 49.4 Å². The lowest BCUT2D eigenvalue weighted by Crippen LogP contribution is -2.48. The zero-order valence-electron chi connectivity index (χ0n) is 15.7. The molecule has 1 N–H and O–H groups in total. The van der Waals surface area contributed by atoms with Crippen LogP contribution in [0.5, 0.6) is 0 Å². The van der Waals surface area contributed by atoms with Gasteiger partial charge < -0.3 is 10.2 Å². The lowest BCUT2D eigenvalue weighted by atomic mass is 10.1. The predicted molar refractivity (Wildman–Crippen MR) is 107 cm³/mol. The highest BCUT2D eigenvalue weighted by Gasteiger charge is 2.26. The molecule has 2 aromatic carbocycles. The maximum atomic E-state index is 14.1. The van der Waals surface area contributed by atoms with Gasteiger partial charge in [-0.25, -0.2) is 4.39 Å². The number of hydrogen-bond acceptors (Lipinski definition) is 3. The van der Waals surface area contributed by atoms with Crippen molar-refractivity contribution in [3.8, 4) is 0 Å². The summed E-state index contributed by atoms with van der Waals surface area (Å²) in [4.78, 5) is 27.7. The third-order valence-electron chi connectivity index (χ3n) is 4.12. The van der Waals surface area contributed by atoms with Gasteiger partial charge in [-0.05, 0) is 31.5 Å². The Bertz CT molecular complexity index is 755. The van der Waals surface area contributed by atoms with Gasteiger partial charge in [0.05, 0.1) is 5.75 Å². The van der Waals surface area contributed by atoms with Gasteiger partial charge >= 0.3 is 0 Å². The minimum absolute atomic E-state index is 0.0571. The molecule has 1 unspecified atom stereocenters. The summed E-state index contributed by atoms with van der Waals surface area (Å²) >= 11 is 1.40. The number of rotatable bonds is 9. The molecule has 4 nitrogen and oxygen atoms in total. The van der Waals surface area contributed by atoms with E-state index >= 15 is 0 Å². The van der Waals surface area contributed by atoms with Crippen LogP contribution in [-0.2, 0) is 16.1 Å². The monoisotopic (exact) mass is 388 g/mol. The van der Waals surface area contributed by atoms with Gasteiger partial charge in [0.2, 0.25) is 11.8 Å². The molecule has 0 saturated heterocycles. The smallest absolute Gasteiger partial charge is 0.242 e. The maximum absolute atomic E-state index is 14.1. The molecule has 2 aromatic rings. The molecule has 0 spiro atoms. The molecule has 0 heterocycles. The van der Waals surface area contributed by atoms with Crippen molar-refractivity contribution >= 4 is 23.6 Å². The van der Waals surface area contributed by atoms with Gasteiger partial charge in [-0.3, -0.25) is 9.59 Å². The highest BCUT2D eigenvalue weighted by Crippen LogP contribution is 2.20. The fourth-order valence-corrected chi connectivity index (χ4v) is 3.34. The van der Waals surface area contributed by atoms with Gasteiger partial charge in [-0.2, -0.15) is 0 Å². The second kappa shape index (κ2) is 10.7. The number of nitrogens with one attached hydrogen (secondary N) is 1. The summed E-state index contributed by atoms with van der Waals surface area (Å²) in [5.41, 5.74) is 0.394. The van der Waals surface area contributed by atoms with Crippen LogP contribution < -0.4 is 5.32 Å². The Morgan fingerprint density at radius 2 is 1.78 bits per heavy atom. The van der Waals surface area contributed by atoms with Crippen LogP contribution in [0.1, 0.15) is 25.8 Å². The Kier molecular flexibility index (Phi) is 8.33. The number of nitrogens with zero attached hydrogens (tertiary/aromatic N) is 1. The van der Waals surface area contributed by atoms with Crippen molar-refractivity contribution < 1.29 is 14.0 Å². The van der Waals surface area contributed by atoms with E-state index in [4.69, 9.17) is 0 Å². The van der Waals surface area contributed by atoms with Gasteiger partial charge in [-0.1, -0.05) is 43.3 Å². The molecule has 27 heavy (non-hydrogen) atoms. The van der Waals surface area contributed by atoms with E-state index in [1.54, 1.807) is 25.1 Å². The number of halogens is 1. The summed E-state index contributed by atoms with van der Waals surface area (Å²) in [6.07, 6.45) is 0.809. The van der Waals surface area contributed by atoms with E-state index in [2.05, 4.69) is 5.32 Å². The Morgan fingerprint density at radius 3 is 2.44 bits per heavy atom. The van der Waals surface area contributed by atoms with Crippen LogP contribution in [0, 0.1) is 5.82 Å². The summed E-state index contributed by atoms with van der Waals surface area (Å²) in [6, 6.07) is 15.2. The SMILES string of the molecule is CCCNC(=O)C(C)N(Cc1ccccc1F)C(=O)CSc1ccccc1. The van der Waals surface area contributed by atoms with E-state index in [0.29, 0.717) is 12.1 Å². The third-order valence-corrected chi connectivity index (χ3v) is 5.12. The Labute approximate surface area is 164 Å². The molecule has 0 aliphatic heterocycles. The van der Waals surface area contributed by atoms with Crippen molar-refractivity contribution in [2.45, 2.75) is 37.8 Å². The molecule has 0 aliphatic rings. The van der Waals surface area contributed by atoms with Gasteiger partial charge in [0, 0.05) is 23.5 Å². The first-order chi connectivity index (χ1) is 13.0. The highest BCUT2D eigenvalue weighted by atomic mass is 32.2. The summed E-state index contributed by atoms with van der Waals surface area (Å²) in [5, 5.41) is 2.81. The fourth-order valence-electron chi connectivity index (χ4n) is 2.53. The number of amides is 2. The zero-order chi connectivity index (χ0) is 19.6. The van der Waals surface area contributed by atoms with E-state index in [0.717, 1.165) is 11.3 Å². The van der Waals surface area contributed by atoms with Crippen molar-refractivity contribution in [2.75, 3.05) is 12.3 Å². The molecule has 144 valence electrons. The number of carbonyl (C=O) groups is 2. The summed E-state index contributed by atoms with van der Waals surface area (Å²) < 4.78 is 14.1. The van der Waals surface area contributed by atoms with Crippen LogP contribution >= 0.6 is 11.8 Å². The Hall–Kier alpha value is -2.34. The van der Waals surface area contributed by atoms with Crippen molar-refractivity contribution in [2.24, 2.45) is 0 Å². The van der Waals surface area contributed by atoms with Crippen LogP contribution in [0.2, 0.25) is 0 Å². The van der Waals surface area contributed by atoms with Crippen LogP contribution in [0.3, 0.4) is 0 Å². The summed E-state index contributed by atoms with van der Waals surface area (Å²) in [6.45, 7) is 4.24. The Morgan fingerprint density at radius 1 is 1.11 bits per heavy atom. The number of hydrogen-bond donors (Lipinski definition) is 1. The fraction of sp³-hybridized carbons (Fsp3) is 0.333. The quantitative estimate of drug-likeness (QED) is 0.664. The molecule has 0 radical (unpaired) electrons. The van der Waals surface area contributed by atoms with Gasteiger partial charge in [0.15, 0.2) is 0 Å². The van der Waals surface area contributed by atoms with Crippen LogP contribution in [-0.4, -0.2) is 35.1 Å². The van der Waals surface area contributed by atoms with Crippen LogP contribution in [0.4, 0.5) is 4.39 Å². The lowest BCUT2D eigenvalue weighted by Gasteiger charge is -2.29. The predicted octanol–water partition coefficient (Wildman–Crippen LogP) is 3.86. The van der Waals surface area contributed by atoms with Crippen molar-refractivity contribution in [3.05, 3.63) is 66.0 Å². The van der Waals surface area contributed by atoms with Gasteiger partial charge in [0.25, 0.3) is 0 Å². The van der Waals surface area contributed by atoms with Gasteiger partial charge in [0.1, 0.15) is 11.9 Å². The van der Waals surface area contributed by atoms with E-state index in [9.17, 15) is 14.0 Å². The molecule has 1 atom stereocenters. The molecule has 2 rings (SSSR count). The standard InChI is InChI=1S/C21H25FN2O2S/c1-3-13-23-21(26)16(2)24(14-17-9-7-8-12-19(17)22)20(25)15-27-18-10-5-4-6-11-18/h4-12,16H,3,13-15H2,1-2H3,(H,23,26). The average Bonchev–Trinajstić information content (AvgIpc) is 2.70. The molecular weight excluding hydrogens is 363 g/mol. The number of thioether (sulfide) groups is 1. The zero-order valence-corrected chi connectivity index (χ0v) is 16.5. The van der Waals surface area contributed by atoms with Crippen LogP contribution in [0.15, 0.2) is 59.5 Å². The summed E-state index contributed by atoms with van der Waals surface area (Å²) in [7, 11) is 0.